The van der Waals surface area contributed by atoms with Gasteiger partial charge in [0.05, 0.1) is 11.1 Å². The van der Waals surface area contributed by atoms with Crippen LogP contribution in [0.1, 0.15) is 34.7 Å². The number of rotatable bonds is 2. The van der Waals surface area contributed by atoms with Crippen molar-refractivity contribution in [3.05, 3.63) is 33.9 Å². The summed E-state index contributed by atoms with van der Waals surface area (Å²) in [7, 11) is 0. The molecule has 1 saturated heterocycles. The summed E-state index contributed by atoms with van der Waals surface area (Å²) < 4.78 is 1.69. The van der Waals surface area contributed by atoms with Gasteiger partial charge in [-0.15, -0.1) is 0 Å². The third-order valence-corrected chi connectivity index (χ3v) is 5.50. The number of hydrogen-bond acceptors (Lipinski definition) is 3. The largest absolute Gasteiger partial charge is 0.478 e. The Morgan fingerprint density at radius 1 is 1.23 bits per heavy atom. The molecule has 1 fully saturated rings. The predicted octanol–water partition coefficient (Wildman–Crippen LogP) is 4.24. The van der Waals surface area contributed by atoms with E-state index in [1.54, 1.807) is 6.20 Å². The van der Waals surface area contributed by atoms with E-state index in [-0.39, 0.29) is 17.0 Å². The van der Waals surface area contributed by atoms with Crippen LogP contribution in [0.2, 0.25) is 0 Å². The van der Waals surface area contributed by atoms with Crippen LogP contribution in [0.15, 0.2) is 22.8 Å². The molecule has 2 N–H and O–H groups in total. The van der Waals surface area contributed by atoms with Gasteiger partial charge in [0.25, 0.3) is 0 Å². The van der Waals surface area contributed by atoms with Crippen LogP contribution in [0.4, 0.5) is 4.79 Å². The maximum absolute atomic E-state index is 11.5. The Morgan fingerprint density at radius 2 is 1.91 bits per heavy atom. The number of carbonyl (C=O) groups is 2. The first-order valence-electron chi connectivity index (χ1n) is 6.88. The lowest BCUT2D eigenvalue weighted by molar-refractivity contribution is 0.0698. The molecule has 0 atom stereocenters. The zero-order valence-corrected chi connectivity index (χ0v) is 14.0. The van der Waals surface area contributed by atoms with Gasteiger partial charge in [-0.05, 0) is 48.0 Å². The molecule has 2 aromatic rings. The van der Waals surface area contributed by atoms with Crippen LogP contribution in [-0.4, -0.2) is 38.3 Å². The SMILES string of the molecule is O=C(O)c1cc(Br)cc2c(C3CCSCC3)cn(C(=O)O)c12. The van der Waals surface area contributed by atoms with Gasteiger partial charge in [-0.1, -0.05) is 15.9 Å². The lowest BCUT2D eigenvalue weighted by atomic mass is 9.92. The van der Waals surface area contributed by atoms with Gasteiger partial charge in [0, 0.05) is 16.1 Å². The Kier molecular flexibility index (Phi) is 4.18. The van der Waals surface area contributed by atoms with Crippen molar-refractivity contribution in [3.63, 3.8) is 0 Å². The Bertz CT molecular complexity index is 764. The van der Waals surface area contributed by atoms with E-state index in [0.717, 1.165) is 34.5 Å². The number of thioether (sulfide) groups is 1. The van der Waals surface area contributed by atoms with Crippen molar-refractivity contribution in [2.75, 3.05) is 11.5 Å². The average Bonchev–Trinajstić information content (AvgIpc) is 2.86. The topological polar surface area (TPSA) is 79.5 Å². The molecular weight excluding hydrogens is 370 g/mol. The standard InChI is InChI=1S/C15H14BrNO4S/c16-9-5-10-12(8-1-3-22-4-2-8)7-17(15(20)21)13(10)11(6-9)14(18)19/h5-8H,1-4H2,(H,18,19)(H,20,21). The zero-order valence-electron chi connectivity index (χ0n) is 11.6. The van der Waals surface area contributed by atoms with Gasteiger partial charge in [0.15, 0.2) is 0 Å². The summed E-state index contributed by atoms with van der Waals surface area (Å²) in [5.41, 5.74) is 1.20. The Morgan fingerprint density at radius 3 is 2.50 bits per heavy atom. The van der Waals surface area contributed by atoms with Crippen LogP contribution in [0.5, 0.6) is 0 Å². The second-order valence-electron chi connectivity index (χ2n) is 5.28. The van der Waals surface area contributed by atoms with E-state index >= 15 is 0 Å². The average molecular weight is 384 g/mol. The highest BCUT2D eigenvalue weighted by Crippen LogP contribution is 2.38. The summed E-state index contributed by atoms with van der Waals surface area (Å²) in [4.78, 5) is 23.0. The zero-order chi connectivity index (χ0) is 15.9. The summed E-state index contributed by atoms with van der Waals surface area (Å²) in [6, 6.07) is 3.27. The first-order valence-corrected chi connectivity index (χ1v) is 8.82. The van der Waals surface area contributed by atoms with Crippen LogP contribution in [-0.2, 0) is 0 Å². The maximum atomic E-state index is 11.5. The Labute approximate surface area is 139 Å². The van der Waals surface area contributed by atoms with Gasteiger partial charge in [0.1, 0.15) is 0 Å². The molecule has 0 bridgehead atoms. The number of benzene rings is 1. The number of carboxylic acids is 1. The van der Waals surface area contributed by atoms with E-state index in [1.807, 2.05) is 17.8 Å². The molecule has 0 spiro atoms. The minimum absolute atomic E-state index is 0.00297. The fraction of sp³-hybridized carbons (Fsp3) is 0.333. The number of aromatic carboxylic acids is 1. The number of hydrogen-bond donors (Lipinski definition) is 2. The minimum atomic E-state index is -1.16. The number of aromatic nitrogens is 1. The van der Waals surface area contributed by atoms with Crippen LogP contribution < -0.4 is 0 Å². The molecule has 5 nitrogen and oxygen atoms in total. The van der Waals surface area contributed by atoms with Crippen molar-refractivity contribution in [1.82, 2.24) is 4.57 Å². The number of fused-ring (bicyclic) bond motifs is 1. The van der Waals surface area contributed by atoms with Crippen molar-refractivity contribution in [2.24, 2.45) is 0 Å². The molecule has 0 amide bonds. The second-order valence-corrected chi connectivity index (χ2v) is 7.42. The smallest absolute Gasteiger partial charge is 0.416 e. The van der Waals surface area contributed by atoms with Gasteiger partial charge in [0.2, 0.25) is 0 Å². The van der Waals surface area contributed by atoms with Gasteiger partial charge in [-0.25, -0.2) is 9.59 Å². The first-order chi connectivity index (χ1) is 10.5. The van der Waals surface area contributed by atoms with Gasteiger partial charge in [-0.2, -0.15) is 11.8 Å². The van der Waals surface area contributed by atoms with E-state index in [0.29, 0.717) is 9.86 Å². The molecule has 116 valence electrons. The summed E-state index contributed by atoms with van der Waals surface area (Å²) >= 11 is 5.23. The molecule has 1 aromatic heterocycles. The molecular formula is C15H14BrNO4S. The van der Waals surface area contributed by atoms with E-state index in [2.05, 4.69) is 15.9 Å². The van der Waals surface area contributed by atoms with Crippen molar-refractivity contribution in [2.45, 2.75) is 18.8 Å². The normalized spacial score (nSPS) is 16.0. The lowest BCUT2D eigenvalue weighted by Gasteiger charge is -2.20. The molecule has 0 saturated carbocycles. The minimum Gasteiger partial charge on any atom is -0.478 e. The summed E-state index contributed by atoms with van der Waals surface area (Å²) in [5, 5.41) is 19.5. The summed E-state index contributed by atoms with van der Waals surface area (Å²) in [6.07, 6.45) is 2.40. The molecule has 0 unspecified atom stereocenters. The van der Waals surface area contributed by atoms with E-state index in [1.165, 1.54) is 6.07 Å². The third kappa shape index (κ3) is 2.63. The highest BCUT2D eigenvalue weighted by molar-refractivity contribution is 9.10. The highest BCUT2D eigenvalue weighted by atomic mass is 79.9. The van der Waals surface area contributed by atoms with Gasteiger partial charge < -0.3 is 10.2 Å². The fourth-order valence-corrected chi connectivity index (χ4v) is 4.56. The molecule has 1 aliphatic heterocycles. The van der Waals surface area contributed by atoms with E-state index in [4.69, 9.17) is 0 Å². The second kappa shape index (κ2) is 5.96. The number of nitrogens with zero attached hydrogens (tertiary/aromatic N) is 1. The Balaban J connectivity index is 2.29. The fourth-order valence-electron chi connectivity index (χ4n) is 3.00. The van der Waals surface area contributed by atoms with Crippen molar-refractivity contribution < 1.29 is 19.8 Å². The first kappa shape index (κ1) is 15.4. The summed E-state index contributed by atoms with van der Waals surface area (Å²) in [5.74, 6) is 1.24. The molecule has 1 aliphatic rings. The monoisotopic (exact) mass is 383 g/mol. The van der Waals surface area contributed by atoms with Crippen LogP contribution >= 0.6 is 27.7 Å². The molecule has 0 radical (unpaired) electrons. The van der Waals surface area contributed by atoms with Crippen molar-refractivity contribution in [1.29, 1.82) is 0 Å². The highest BCUT2D eigenvalue weighted by Gasteiger charge is 2.25. The van der Waals surface area contributed by atoms with E-state index in [9.17, 15) is 19.8 Å². The predicted molar refractivity (Wildman–Crippen MR) is 89.3 cm³/mol. The number of halogens is 1. The van der Waals surface area contributed by atoms with E-state index < -0.39 is 12.1 Å². The molecule has 7 heteroatoms. The van der Waals surface area contributed by atoms with Gasteiger partial charge >= 0.3 is 12.1 Å². The van der Waals surface area contributed by atoms with Crippen LogP contribution in [0.25, 0.3) is 10.9 Å². The van der Waals surface area contributed by atoms with Gasteiger partial charge in [-0.3, -0.25) is 4.57 Å². The molecule has 22 heavy (non-hydrogen) atoms. The Hall–Kier alpha value is -1.47. The van der Waals surface area contributed by atoms with Crippen molar-refractivity contribution in [3.8, 4) is 0 Å². The third-order valence-electron chi connectivity index (χ3n) is 3.99. The van der Waals surface area contributed by atoms with Crippen LogP contribution in [0, 0.1) is 0 Å². The maximum Gasteiger partial charge on any atom is 0.416 e. The van der Waals surface area contributed by atoms with Crippen molar-refractivity contribution >= 4 is 50.7 Å². The molecule has 3 rings (SSSR count). The lowest BCUT2D eigenvalue weighted by Crippen LogP contribution is -2.10. The van der Waals surface area contributed by atoms with Crippen LogP contribution in [0.3, 0.4) is 0 Å². The summed E-state index contributed by atoms with van der Waals surface area (Å²) in [6.45, 7) is 0. The molecule has 0 aliphatic carbocycles. The molecule has 1 aromatic carbocycles. The molecule has 2 heterocycles. The number of carboxylic acid groups (broad SMARTS) is 2. The quantitative estimate of drug-likeness (QED) is 0.810.